The highest BCUT2D eigenvalue weighted by Gasteiger charge is 2.20. The molecule has 4 nitrogen and oxygen atoms in total. The van der Waals surface area contributed by atoms with Gasteiger partial charge < -0.3 is 4.18 Å². The van der Waals surface area contributed by atoms with Crippen LogP contribution in [0.2, 0.25) is 0 Å². The molecular weight excluding hydrogens is 494 g/mol. The van der Waals surface area contributed by atoms with E-state index in [-0.39, 0.29) is 10.6 Å². The van der Waals surface area contributed by atoms with Gasteiger partial charge in [0.05, 0.1) is 10.2 Å². The van der Waals surface area contributed by atoms with Crippen LogP contribution in [0.25, 0.3) is 0 Å². The SMILES string of the molecule is Cc1ccccc1N=Cc1cc(Br)cc(Br)c1OS(=O)(=O)c1ccccc1. The van der Waals surface area contributed by atoms with Crippen LogP contribution < -0.4 is 4.18 Å². The van der Waals surface area contributed by atoms with Crippen molar-refractivity contribution in [2.45, 2.75) is 11.8 Å². The predicted molar refractivity (Wildman–Crippen MR) is 115 cm³/mol. The molecule has 0 bridgehead atoms. The zero-order valence-electron chi connectivity index (χ0n) is 14.3. The first-order chi connectivity index (χ1) is 12.9. The second-order valence-corrected chi connectivity index (χ2v) is 9.02. The molecule has 3 rings (SSSR count). The number of hydrogen-bond donors (Lipinski definition) is 0. The summed E-state index contributed by atoms with van der Waals surface area (Å²) >= 11 is 6.80. The van der Waals surface area contributed by atoms with E-state index in [0.29, 0.717) is 10.0 Å². The van der Waals surface area contributed by atoms with Gasteiger partial charge in [0, 0.05) is 16.3 Å². The molecular formula is C20H15Br2NO3S. The molecule has 0 fully saturated rings. The molecule has 0 saturated heterocycles. The maximum Gasteiger partial charge on any atom is 0.339 e. The fraction of sp³-hybridized carbons (Fsp3) is 0.0500. The van der Waals surface area contributed by atoms with E-state index < -0.39 is 10.1 Å². The van der Waals surface area contributed by atoms with Crippen LogP contribution in [-0.2, 0) is 10.1 Å². The average Bonchev–Trinajstić information content (AvgIpc) is 2.64. The molecule has 0 saturated carbocycles. The van der Waals surface area contributed by atoms with Crippen molar-refractivity contribution >= 4 is 53.9 Å². The smallest absolute Gasteiger partial charge is 0.339 e. The average molecular weight is 509 g/mol. The number of aryl methyl sites for hydroxylation is 1. The number of rotatable bonds is 5. The standard InChI is InChI=1S/C20H15Br2NO3S/c1-14-7-5-6-10-19(14)23-13-15-11-16(21)12-18(22)20(15)26-27(24,25)17-8-3-2-4-9-17/h2-13H,1H3. The summed E-state index contributed by atoms with van der Waals surface area (Å²) in [5, 5.41) is 0. The molecule has 138 valence electrons. The first-order valence-electron chi connectivity index (χ1n) is 7.95. The Bertz CT molecular complexity index is 1100. The maximum atomic E-state index is 12.6. The molecule has 7 heteroatoms. The topological polar surface area (TPSA) is 55.7 Å². The quantitative estimate of drug-likeness (QED) is 0.312. The van der Waals surface area contributed by atoms with E-state index in [0.717, 1.165) is 15.7 Å². The Balaban J connectivity index is 2.02. The van der Waals surface area contributed by atoms with Crippen molar-refractivity contribution in [2.24, 2.45) is 4.99 Å². The van der Waals surface area contributed by atoms with Gasteiger partial charge >= 0.3 is 10.1 Å². The van der Waals surface area contributed by atoms with Crippen molar-refractivity contribution in [2.75, 3.05) is 0 Å². The van der Waals surface area contributed by atoms with Crippen molar-refractivity contribution in [1.29, 1.82) is 0 Å². The van der Waals surface area contributed by atoms with E-state index >= 15 is 0 Å². The monoisotopic (exact) mass is 507 g/mol. The van der Waals surface area contributed by atoms with Crippen LogP contribution in [0.1, 0.15) is 11.1 Å². The Morgan fingerprint density at radius 3 is 2.33 bits per heavy atom. The molecule has 0 N–H and O–H groups in total. The third-order valence-corrected chi connectivity index (χ3v) is 6.00. The van der Waals surface area contributed by atoms with Crippen molar-refractivity contribution in [3.8, 4) is 5.75 Å². The summed E-state index contributed by atoms with van der Waals surface area (Å²) in [7, 11) is -3.97. The fourth-order valence-corrected chi connectivity index (χ4v) is 4.79. The molecule has 3 aromatic rings. The summed E-state index contributed by atoms with van der Waals surface area (Å²) < 4.78 is 31.9. The lowest BCUT2D eigenvalue weighted by Crippen LogP contribution is -2.11. The van der Waals surface area contributed by atoms with E-state index in [1.807, 2.05) is 31.2 Å². The van der Waals surface area contributed by atoms with E-state index in [9.17, 15) is 8.42 Å². The predicted octanol–water partition coefficient (Wildman–Crippen LogP) is 6.04. The maximum absolute atomic E-state index is 12.6. The molecule has 0 radical (unpaired) electrons. The molecule has 3 aromatic carbocycles. The molecule has 0 aliphatic carbocycles. The molecule has 0 amide bonds. The minimum Gasteiger partial charge on any atom is -0.377 e. The van der Waals surface area contributed by atoms with Gasteiger partial charge in [0.25, 0.3) is 0 Å². The summed E-state index contributed by atoms with van der Waals surface area (Å²) in [4.78, 5) is 4.56. The molecule has 0 aromatic heterocycles. The number of aliphatic imine (C=N–C) groups is 1. The van der Waals surface area contributed by atoms with Crippen molar-refractivity contribution in [1.82, 2.24) is 0 Å². The van der Waals surface area contributed by atoms with E-state index in [1.54, 1.807) is 36.5 Å². The number of para-hydroxylation sites is 1. The Morgan fingerprint density at radius 2 is 1.63 bits per heavy atom. The second kappa shape index (κ2) is 8.37. The van der Waals surface area contributed by atoms with Crippen LogP contribution in [-0.4, -0.2) is 14.6 Å². The van der Waals surface area contributed by atoms with Crippen LogP contribution in [0.5, 0.6) is 5.75 Å². The first-order valence-corrected chi connectivity index (χ1v) is 10.9. The minimum atomic E-state index is -3.97. The van der Waals surface area contributed by atoms with Gasteiger partial charge in [-0.25, -0.2) is 0 Å². The summed E-state index contributed by atoms with van der Waals surface area (Å²) in [6.45, 7) is 1.96. The molecule has 0 aliphatic heterocycles. The molecule has 0 spiro atoms. The van der Waals surface area contributed by atoms with E-state index in [1.165, 1.54) is 12.1 Å². The molecule has 0 unspecified atom stereocenters. The van der Waals surface area contributed by atoms with Gasteiger partial charge in [-0.1, -0.05) is 52.3 Å². The van der Waals surface area contributed by atoms with Gasteiger partial charge in [-0.15, -0.1) is 0 Å². The number of hydrogen-bond acceptors (Lipinski definition) is 4. The van der Waals surface area contributed by atoms with Crippen LogP contribution in [0.3, 0.4) is 0 Å². The largest absolute Gasteiger partial charge is 0.377 e. The Hall–Kier alpha value is -1.96. The van der Waals surface area contributed by atoms with Gasteiger partial charge in [-0.05, 0) is 58.7 Å². The Morgan fingerprint density at radius 1 is 0.963 bits per heavy atom. The van der Waals surface area contributed by atoms with Crippen LogP contribution >= 0.6 is 31.9 Å². The molecule has 0 atom stereocenters. The van der Waals surface area contributed by atoms with Crippen LogP contribution in [0.4, 0.5) is 5.69 Å². The van der Waals surface area contributed by atoms with Crippen molar-refractivity contribution in [3.05, 3.63) is 86.8 Å². The Labute approximate surface area is 175 Å². The summed E-state index contributed by atoms with van der Waals surface area (Å²) in [5.41, 5.74) is 2.34. The van der Waals surface area contributed by atoms with Gasteiger partial charge in [0.1, 0.15) is 4.90 Å². The van der Waals surface area contributed by atoms with E-state index in [4.69, 9.17) is 4.18 Å². The highest BCUT2D eigenvalue weighted by atomic mass is 79.9. The highest BCUT2D eigenvalue weighted by Crippen LogP contribution is 2.34. The van der Waals surface area contributed by atoms with Gasteiger partial charge in [0.15, 0.2) is 5.75 Å². The summed E-state index contributed by atoms with van der Waals surface area (Å²) in [6.07, 6.45) is 1.59. The van der Waals surface area contributed by atoms with Gasteiger partial charge in [-0.3, -0.25) is 4.99 Å². The number of halogens is 2. The first kappa shape index (κ1) is 19.8. The normalized spacial score (nSPS) is 11.7. The van der Waals surface area contributed by atoms with Gasteiger partial charge in [0.2, 0.25) is 0 Å². The fourth-order valence-electron chi connectivity index (χ4n) is 2.36. The van der Waals surface area contributed by atoms with Crippen LogP contribution in [0, 0.1) is 6.92 Å². The molecule has 0 aliphatic rings. The lowest BCUT2D eigenvalue weighted by molar-refractivity contribution is 0.484. The van der Waals surface area contributed by atoms with Crippen LogP contribution in [0.15, 0.2) is 85.6 Å². The minimum absolute atomic E-state index is 0.0848. The van der Waals surface area contributed by atoms with E-state index in [2.05, 4.69) is 36.9 Å². The summed E-state index contributed by atoms with van der Waals surface area (Å²) in [6, 6.07) is 19.2. The lowest BCUT2D eigenvalue weighted by atomic mass is 10.2. The number of nitrogens with zero attached hydrogens (tertiary/aromatic N) is 1. The summed E-state index contributed by atoms with van der Waals surface area (Å²) in [5.74, 6) is 0.180. The second-order valence-electron chi connectivity index (χ2n) is 5.70. The Kier molecular flexibility index (Phi) is 6.14. The zero-order chi connectivity index (χ0) is 19.4. The van der Waals surface area contributed by atoms with Gasteiger partial charge in [-0.2, -0.15) is 8.42 Å². The number of benzene rings is 3. The third-order valence-electron chi connectivity index (χ3n) is 3.72. The molecule has 27 heavy (non-hydrogen) atoms. The lowest BCUT2D eigenvalue weighted by Gasteiger charge is -2.12. The third kappa shape index (κ3) is 4.86. The molecule has 0 heterocycles. The zero-order valence-corrected chi connectivity index (χ0v) is 18.3. The van der Waals surface area contributed by atoms with Crippen molar-refractivity contribution < 1.29 is 12.6 Å². The highest BCUT2D eigenvalue weighted by molar-refractivity contribution is 9.11. The van der Waals surface area contributed by atoms with Crippen molar-refractivity contribution in [3.63, 3.8) is 0 Å².